The molecule has 0 saturated heterocycles. The van der Waals surface area contributed by atoms with Crippen LogP contribution in [0.2, 0.25) is 0 Å². The van der Waals surface area contributed by atoms with Gasteiger partial charge >= 0.3 is 6.09 Å². The number of nitrogens with one attached hydrogen (secondary N) is 1. The van der Waals surface area contributed by atoms with Crippen molar-refractivity contribution in [1.82, 2.24) is 10.3 Å². The molecule has 0 atom stereocenters. The smallest absolute Gasteiger partial charge is 0.404 e. The Labute approximate surface area is 126 Å². The van der Waals surface area contributed by atoms with Crippen LogP contribution in [0.25, 0.3) is 10.2 Å². The van der Waals surface area contributed by atoms with Gasteiger partial charge < -0.3 is 10.4 Å². The number of benzene rings is 1. The molecule has 1 aliphatic carbocycles. The highest BCUT2D eigenvalue weighted by molar-refractivity contribution is 7.20. The van der Waals surface area contributed by atoms with Crippen molar-refractivity contribution in [2.45, 2.75) is 31.7 Å². The molecular formula is C15H16N2O3S. The van der Waals surface area contributed by atoms with Gasteiger partial charge in [-0.1, -0.05) is 12.1 Å². The van der Waals surface area contributed by atoms with E-state index in [-0.39, 0.29) is 17.7 Å². The maximum Gasteiger partial charge on any atom is 0.404 e. The summed E-state index contributed by atoms with van der Waals surface area (Å²) in [5.74, 6) is 0.0717. The summed E-state index contributed by atoms with van der Waals surface area (Å²) in [6.07, 6.45) is 1.89. The fourth-order valence-corrected chi connectivity index (χ4v) is 3.81. The highest BCUT2D eigenvalue weighted by Gasteiger charge is 2.29. The molecule has 5 nitrogen and oxygen atoms in total. The third-order valence-electron chi connectivity index (χ3n) is 3.93. The van der Waals surface area contributed by atoms with Crippen LogP contribution in [0.15, 0.2) is 24.3 Å². The zero-order valence-electron chi connectivity index (χ0n) is 11.4. The Balaban J connectivity index is 1.67. The normalized spacial score (nSPS) is 22.1. The Kier molecular flexibility index (Phi) is 3.88. The second-order valence-corrected chi connectivity index (χ2v) is 6.38. The quantitative estimate of drug-likeness (QED) is 0.853. The van der Waals surface area contributed by atoms with Gasteiger partial charge in [0.15, 0.2) is 10.8 Å². The summed E-state index contributed by atoms with van der Waals surface area (Å²) in [5, 5.41) is 11.8. The molecule has 21 heavy (non-hydrogen) atoms. The zero-order chi connectivity index (χ0) is 14.8. The number of nitrogens with zero attached hydrogens (tertiary/aromatic N) is 1. The monoisotopic (exact) mass is 304 g/mol. The molecule has 0 bridgehead atoms. The van der Waals surface area contributed by atoms with Crippen LogP contribution in [0.3, 0.4) is 0 Å². The number of aromatic nitrogens is 1. The number of rotatable bonds is 3. The SMILES string of the molecule is O=C(O)NC1CCC(C(=O)c2nc3ccccc3s2)CC1. The number of thiazole rings is 1. The summed E-state index contributed by atoms with van der Waals surface area (Å²) in [6.45, 7) is 0. The molecule has 0 unspecified atom stereocenters. The van der Waals surface area contributed by atoms with E-state index in [1.165, 1.54) is 11.3 Å². The number of Topliss-reactive ketones (excluding diaryl/α,β-unsaturated/α-hetero) is 1. The molecule has 6 heteroatoms. The lowest BCUT2D eigenvalue weighted by atomic mass is 9.83. The van der Waals surface area contributed by atoms with Crippen LogP contribution >= 0.6 is 11.3 Å². The van der Waals surface area contributed by atoms with Crippen molar-refractivity contribution in [3.8, 4) is 0 Å². The summed E-state index contributed by atoms with van der Waals surface area (Å²) in [5.41, 5.74) is 0.868. The number of carbonyl (C=O) groups excluding carboxylic acids is 1. The lowest BCUT2D eigenvalue weighted by molar-refractivity contribution is 0.0880. The maximum atomic E-state index is 12.5. The summed E-state index contributed by atoms with van der Waals surface area (Å²) in [4.78, 5) is 27.5. The molecule has 1 aromatic heterocycles. The fraction of sp³-hybridized carbons (Fsp3) is 0.400. The molecule has 110 valence electrons. The average molecular weight is 304 g/mol. The van der Waals surface area contributed by atoms with E-state index < -0.39 is 6.09 Å². The van der Waals surface area contributed by atoms with Crippen molar-refractivity contribution in [2.75, 3.05) is 0 Å². The number of hydrogen-bond donors (Lipinski definition) is 2. The van der Waals surface area contributed by atoms with E-state index in [1.807, 2.05) is 24.3 Å². The highest BCUT2D eigenvalue weighted by atomic mass is 32.1. The van der Waals surface area contributed by atoms with Gasteiger partial charge in [0.1, 0.15) is 0 Å². The average Bonchev–Trinajstić information content (AvgIpc) is 2.90. The number of carboxylic acid groups (broad SMARTS) is 1. The molecule has 2 N–H and O–H groups in total. The van der Waals surface area contributed by atoms with Gasteiger partial charge in [-0.15, -0.1) is 11.3 Å². The number of ketones is 1. The second-order valence-electron chi connectivity index (χ2n) is 5.35. The van der Waals surface area contributed by atoms with Gasteiger partial charge in [0.05, 0.1) is 10.2 Å². The van der Waals surface area contributed by atoms with Crippen molar-refractivity contribution >= 4 is 33.4 Å². The fourth-order valence-electron chi connectivity index (χ4n) is 2.83. The van der Waals surface area contributed by atoms with Gasteiger partial charge in [0.2, 0.25) is 0 Å². The summed E-state index contributed by atoms with van der Waals surface area (Å²) >= 11 is 1.44. The van der Waals surface area contributed by atoms with Gasteiger partial charge in [0, 0.05) is 12.0 Å². The van der Waals surface area contributed by atoms with Crippen LogP contribution in [0.4, 0.5) is 4.79 Å². The van der Waals surface area contributed by atoms with Crippen LogP contribution in [0, 0.1) is 5.92 Å². The molecule has 1 saturated carbocycles. The van der Waals surface area contributed by atoms with Crippen molar-refractivity contribution < 1.29 is 14.7 Å². The second kappa shape index (κ2) is 5.81. The van der Waals surface area contributed by atoms with Gasteiger partial charge in [-0.2, -0.15) is 0 Å². The van der Waals surface area contributed by atoms with Crippen molar-refractivity contribution in [3.05, 3.63) is 29.3 Å². The first-order chi connectivity index (χ1) is 10.1. The van der Waals surface area contributed by atoms with Gasteiger partial charge in [-0.3, -0.25) is 4.79 Å². The van der Waals surface area contributed by atoms with Crippen LogP contribution < -0.4 is 5.32 Å². The number of fused-ring (bicyclic) bond motifs is 1. The minimum atomic E-state index is -0.990. The summed E-state index contributed by atoms with van der Waals surface area (Å²) < 4.78 is 1.03. The van der Waals surface area contributed by atoms with Crippen LogP contribution in [0.5, 0.6) is 0 Å². The lowest BCUT2D eigenvalue weighted by Crippen LogP contribution is -2.37. The largest absolute Gasteiger partial charge is 0.465 e. The standard InChI is InChI=1S/C15H16N2O3S/c18-13(9-5-7-10(8-6-9)16-15(19)20)14-17-11-3-1-2-4-12(11)21-14/h1-4,9-10,16H,5-8H2,(H,19,20). The topological polar surface area (TPSA) is 79.3 Å². The van der Waals surface area contributed by atoms with E-state index in [9.17, 15) is 9.59 Å². The van der Waals surface area contributed by atoms with Crippen LogP contribution in [-0.2, 0) is 0 Å². The third kappa shape index (κ3) is 3.05. The number of carbonyl (C=O) groups is 2. The Hall–Kier alpha value is -1.95. The molecule has 0 radical (unpaired) electrons. The van der Waals surface area contributed by atoms with E-state index in [1.54, 1.807) is 0 Å². The van der Waals surface area contributed by atoms with E-state index in [2.05, 4.69) is 10.3 Å². The van der Waals surface area contributed by atoms with E-state index >= 15 is 0 Å². The molecule has 1 amide bonds. The molecule has 0 spiro atoms. The van der Waals surface area contributed by atoms with Crippen molar-refractivity contribution in [2.24, 2.45) is 5.92 Å². The lowest BCUT2D eigenvalue weighted by Gasteiger charge is -2.26. The third-order valence-corrected chi connectivity index (χ3v) is 4.98. The van der Waals surface area contributed by atoms with Crippen LogP contribution in [-0.4, -0.2) is 28.0 Å². The number of para-hydroxylation sites is 1. The summed E-state index contributed by atoms with van der Waals surface area (Å²) in [7, 11) is 0. The predicted molar refractivity (Wildman–Crippen MR) is 80.9 cm³/mol. The molecule has 2 aromatic rings. The summed E-state index contributed by atoms with van der Waals surface area (Å²) in [6, 6.07) is 7.71. The minimum absolute atomic E-state index is 0.0260. The molecule has 1 fully saturated rings. The zero-order valence-corrected chi connectivity index (χ0v) is 12.2. The Morgan fingerprint density at radius 2 is 1.90 bits per heavy atom. The molecule has 1 aromatic carbocycles. The first-order valence-corrected chi connectivity index (χ1v) is 7.84. The van der Waals surface area contributed by atoms with Crippen LogP contribution in [0.1, 0.15) is 35.5 Å². The molecule has 0 aliphatic heterocycles. The minimum Gasteiger partial charge on any atom is -0.465 e. The predicted octanol–water partition coefficient (Wildman–Crippen LogP) is 3.31. The highest BCUT2D eigenvalue weighted by Crippen LogP contribution is 2.30. The maximum absolute atomic E-state index is 12.5. The Bertz CT molecular complexity index is 641. The molecule has 1 heterocycles. The molecule has 3 rings (SSSR count). The molecular weight excluding hydrogens is 288 g/mol. The number of amides is 1. The first kappa shape index (κ1) is 14.0. The van der Waals surface area contributed by atoms with E-state index in [4.69, 9.17) is 5.11 Å². The van der Waals surface area contributed by atoms with Gasteiger partial charge in [-0.25, -0.2) is 9.78 Å². The first-order valence-electron chi connectivity index (χ1n) is 7.03. The van der Waals surface area contributed by atoms with Crippen molar-refractivity contribution in [1.29, 1.82) is 0 Å². The van der Waals surface area contributed by atoms with E-state index in [0.29, 0.717) is 17.8 Å². The Morgan fingerprint density at radius 3 is 2.57 bits per heavy atom. The van der Waals surface area contributed by atoms with Gasteiger partial charge in [0.25, 0.3) is 0 Å². The van der Waals surface area contributed by atoms with Crippen molar-refractivity contribution in [3.63, 3.8) is 0 Å². The van der Waals surface area contributed by atoms with E-state index in [0.717, 1.165) is 23.1 Å². The van der Waals surface area contributed by atoms with Gasteiger partial charge in [-0.05, 0) is 37.8 Å². The Morgan fingerprint density at radius 1 is 1.19 bits per heavy atom. The number of hydrogen-bond acceptors (Lipinski definition) is 4. The molecule has 1 aliphatic rings.